The van der Waals surface area contributed by atoms with Gasteiger partial charge in [-0.2, -0.15) is 0 Å². The molecule has 166 valence electrons. The van der Waals surface area contributed by atoms with Gasteiger partial charge < -0.3 is 29.8 Å². The highest BCUT2D eigenvalue weighted by atomic mass is 16.5. The third-order valence-corrected chi connectivity index (χ3v) is 5.64. The second-order valence-electron chi connectivity index (χ2n) is 7.97. The number of anilines is 1. The van der Waals surface area contributed by atoms with Gasteiger partial charge in [0.25, 0.3) is 0 Å². The van der Waals surface area contributed by atoms with Gasteiger partial charge in [0.05, 0.1) is 31.0 Å². The number of fused-ring (bicyclic) bond motifs is 1. The van der Waals surface area contributed by atoms with E-state index < -0.39 is 0 Å². The Morgan fingerprint density at radius 1 is 1.03 bits per heavy atom. The monoisotopic (exact) mass is 423 g/mol. The van der Waals surface area contributed by atoms with Gasteiger partial charge in [0, 0.05) is 50.5 Å². The summed E-state index contributed by atoms with van der Waals surface area (Å²) in [6.45, 7) is 5.21. The first kappa shape index (κ1) is 21.8. The fraction of sp³-hybridized carbons (Fsp3) is 0.440. The second kappa shape index (κ2) is 11.3. The van der Waals surface area contributed by atoms with Crippen LogP contribution in [0.5, 0.6) is 0 Å². The van der Waals surface area contributed by atoms with Crippen molar-refractivity contribution in [3.05, 3.63) is 54.1 Å². The van der Waals surface area contributed by atoms with E-state index in [4.69, 9.17) is 14.2 Å². The van der Waals surface area contributed by atoms with Crippen molar-refractivity contribution < 1.29 is 14.2 Å². The van der Waals surface area contributed by atoms with Crippen LogP contribution in [0.2, 0.25) is 0 Å². The molecule has 4 rings (SSSR count). The van der Waals surface area contributed by atoms with Gasteiger partial charge in [0.2, 0.25) is 0 Å². The first-order valence-corrected chi connectivity index (χ1v) is 11.2. The van der Waals surface area contributed by atoms with Crippen LogP contribution in [0.25, 0.3) is 22.2 Å². The molecule has 6 heteroatoms. The van der Waals surface area contributed by atoms with Gasteiger partial charge in [0.15, 0.2) is 0 Å². The molecule has 0 atom stereocenters. The zero-order chi connectivity index (χ0) is 21.3. The molecule has 1 fully saturated rings. The van der Waals surface area contributed by atoms with Gasteiger partial charge in [-0.15, -0.1) is 0 Å². The van der Waals surface area contributed by atoms with Crippen LogP contribution in [0.15, 0.2) is 48.5 Å². The van der Waals surface area contributed by atoms with Crippen LogP contribution in [0.1, 0.15) is 18.4 Å². The lowest BCUT2D eigenvalue weighted by atomic mass is 10.1. The Bertz CT molecular complexity index is 936. The van der Waals surface area contributed by atoms with Crippen molar-refractivity contribution >= 4 is 16.6 Å². The lowest BCUT2D eigenvalue weighted by molar-refractivity contribution is 0.0719. The van der Waals surface area contributed by atoms with Crippen LogP contribution in [0, 0.1) is 0 Å². The molecule has 1 aromatic heterocycles. The van der Waals surface area contributed by atoms with Gasteiger partial charge in [-0.05, 0) is 42.2 Å². The molecule has 0 spiro atoms. The van der Waals surface area contributed by atoms with Crippen molar-refractivity contribution in [1.82, 2.24) is 10.3 Å². The Labute approximate surface area is 184 Å². The number of hydrogen-bond donors (Lipinski definition) is 3. The van der Waals surface area contributed by atoms with Crippen molar-refractivity contribution in [3.8, 4) is 11.3 Å². The summed E-state index contributed by atoms with van der Waals surface area (Å²) < 4.78 is 16.1. The van der Waals surface area contributed by atoms with Gasteiger partial charge in [-0.3, -0.25) is 0 Å². The summed E-state index contributed by atoms with van der Waals surface area (Å²) in [5, 5.41) is 8.49. The zero-order valence-corrected chi connectivity index (χ0v) is 18.3. The fourth-order valence-corrected chi connectivity index (χ4v) is 3.98. The van der Waals surface area contributed by atoms with Crippen molar-refractivity contribution in [2.45, 2.75) is 25.4 Å². The van der Waals surface area contributed by atoms with E-state index in [9.17, 15) is 0 Å². The van der Waals surface area contributed by atoms with E-state index in [2.05, 4.69) is 58.1 Å². The third kappa shape index (κ3) is 6.08. The average molecular weight is 424 g/mol. The number of aromatic nitrogens is 1. The van der Waals surface area contributed by atoms with Crippen molar-refractivity contribution in [3.63, 3.8) is 0 Å². The van der Waals surface area contributed by atoms with Crippen LogP contribution in [0.4, 0.5) is 5.69 Å². The Hall–Kier alpha value is -2.38. The molecule has 0 amide bonds. The molecule has 3 N–H and O–H groups in total. The first-order chi connectivity index (χ1) is 15.3. The summed E-state index contributed by atoms with van der Waals surface area (Å²) >= 11 is 0. The fourth-order valence-electron chi connectivity index (χ4n) is 3.98. The number of benzene rings is 2. The molecule has 31 heavy (non-hydrogen) atoms. The van der Waals surface area contributed by atoms with E-state index in [-0.39, 0.29) is 0 Å². The van der Waals surface area contributed by atoms with Crippen molar-refractivity contribution in [1.29, 1.82) is 0 Å². The third-order valence-electron chi connectivity index (χ3n) is 5.64. The summed E-state index contributed by atoms with van der Waals surface area (Å²) in [5.41, 5.74) is 5.93. The van der Waals surface area contributed by atoms with Crippen LogP contribution in [0.3, 0.4) is 0 Å². The van der Waals surface area contributed by atoms with Gasteiger partial charge in [-0.1, -0.05) is 30.3 Å². The molecule has 1 saturated heterocycles. The molecule has 2 heterocycles. The topological polar surface area (TPSA) is 67.5 Å². The second-order valence-corrected chi connectivity index (χ2v) is 7.97. The summed E-state index contributed by atoms with van der Waals surface area (Å²) in [5.74, 6) is 0. The largest absolute Gasteiger partial charge is 0.382 e. The number of aromatic amines is 1. The predicted octanol–water partition coefficient (Wildman–Crippen LogP) is 4.18. The van der Waals surface area contributed by atoms with Crippen molar-refractivity contribution in [2.24, 2.45) is 0 Å². The quantitative estimate of drug-likeness (QED) is 0.404. The summed E-state index contributed by atoms with van der Waals surface area (Å²) in [4.78, 5) is 3.65. The van der Waals surface area contributed by atoms with E-state index in [1.807, 2.05) is 6.07 Å². The normalized spacial score (nSPS) is 14.9. The highest BCUT2D eigenvalue weighted by molar-refractivity contribution is 5.95. The Kier molecular flexibility index (Phi) is 7.96. The molecule has 0 bridgehead atoms. The molecular weight excluding hydrogens is 390 g/mol. The molecule has 0 saturated carbocycles. The van der Waals surface area contributed by atoms with Gasteiger partial charge >= 0.3 is 0 Å². The predicted molar refractivity (Wildman–Crippen MR) is 126 cm³/mol. The minimum Gasteiger partial charge on any atom is -0.382 e. The number of methoxy groups -OCH3 is 1. The molecule has 1 aliphatic rings. The number of nitrogens with one attached hydrogen (secondary N) is 3. The van der Waals surface area contributed by atoms with E-state index in [1.165, 1.54) is 22.2 Å². The van der Waals surface area contributed by atoms with Crippen LogP contribution in [-0.4, -0.2) is 57.7 Å². The number of rotatable bonds is 11. The summed E-state index contributed by atoms with van der Waals surface area (Å²) in [6, 6.07) is 17.7. The SMILES string of the molecule is COCCOCCNCc1cc(NC2CCOCC2)c2[nH]c(-c3ccccc3)cc2c1. The van der Waals surface area contributed by atoms with Gasteiger partial charge in [-0.25, -0.2) is 0 Å². The maximum atomic E-state index is 5.54. The smallest absolute Gasteiger partial charge is 0.0700 e. The lowest BCUT2D eigenvalue weighted by Gasteiger charge is -2.25. The highest BCUT2D eigenvalue weighted by Gasteiger charge is 2.16. The van der Waals surface area contributed by atoms with E-state index in [0.717, 1.165) is 50.4 Å². The Morgan fingerprint density at radius 3 is 2.68 bits per heavy atom. The lowest BCUT2D eigenvalue weighted by Crippen LogP contribution is -2.28. The molecule has 0 aliphatic carbocycles. The molecular formula is C25H33N3O3. The molecule has 3 aromatic rings. The van der Waals surface area contributed by atoms with E-state index >= 15 is 0 Å². The minimum atomic E-state index is 0.442. The van der Waals surface area contributed by atoms with Crippen LogP contribution in [-0.2, 0) is 20.8 Å². The average Bonchev–Trinajstić information content (AvgIpc) is 3.24. The molecule has 2 aromatic carbocycles. The first-order valence-electron chi connectivity index (χ1n) is 11.2. The van der Waals surface area contributed by atoms with E-state index in [0.29, 0.717) is 25.9 Å². The molecule has 1 aliphatic heterocycles. The van der Waals surface area contributed by atoms with Crippen molar-refractivity contribution in [2.75, 3.05) is 52.0 Å². The Balaban J connectivity index is 1.50. The summed E-state index contributed by atoms with van der Waals surface area (Å²) in [6.07, 6.45) is 2.07. The minimum absolute atomic E-state index is 0.442. The standard InChI is InChI=1S/C25H33N3O3/c1-29-13-14-31-12-9-26-18-19-15-21-17-23(20-5-3-2-4-6-20)28-25(21)24(16-19)27-22-7-10-30-11-8-22/h2-6,15-17,22,26-28H,7-14,18H2,1H3. The maximum Gasteiger partial charge on any atom is 0.0700 e. The molecule has 6 nitrogen and oxygen atoms in total. The Morgan fingerprint density at radius 2 is 1.87 bits per heavy atom. The van der Waals surface area contributed by atoms with Crippen LogP contribution >= 0.6 is 0 Å². The molecule has 0 unspecified atom stereocenters. The zero-order valence-electron chi connectivity index (χ0n) is 18.3. The summed E-state index contributed by atoms with van der Waals surface area (Å²) in [7, 11) is 1.69. The maximum absolute atomic E-state index is 5.54. The van der Waals surface area contributed by atoms with Crippen LogP contribution < -0.4 is 10.6 Å². The van der Waals surface area contributed by atoms with Gasteiger partial charge in [0.1, 0.15) is 0 Å². The number of ether oxygens (including phenoxy) is 3. The number of H-pyrrole nitrogens is 1. The highest BCUT2D eigenvalue weighted by Crippen LogP contribution is 2.31. The number of hydrogen-bond acceptors (Lipinski definition) is 5. The van der Waals surface area contributed by atoms with E-state index in [1.54, 1.807) is 7.11 Å². The molecule has 0 radical (unpaired) electrons.